The summed E-state index contributed by atoms with van der Waals surface area (Å²) in [7, 11) is 0. The van der Waals surface area contributed by atoms with Crippen molar-refractivity contribution in [3.63, 3.8) is 0 Å². The number of carbonyl (C=O) groups excluding carboxylic acids is 1. The van der Waals surface area contributed by atoms with Crippen molar-refractivity contribution >= 4 is 11.8 Å². The van der Waals surface area contributed by atoms with Crippen molar-refractivity contribution in [2.75, 3.05) is 0 Å². The Kier molecular flexibility index (Phi) is 2.84. The van der Waals surface area contributed by atoms with Gasteiger partial charge in [0, 0.05) is 6.42 Å². The van der Waals surface area contributed by atoms with Gasteiger partial charge < -0.3 is 5.11 Å². The molecule has 1 aliphatic rings. The van der Waals surface area contributed by atoms with Gasteiger partial charge in [0.1, 0.15) is 11.7 Å². The predicted octanol–water partition coefficient (Wildman–Crippen LogP) is 1.47. The highest BCUT2D eigenvalue weighted by molar-refractivity contribution is 5.98. The lowest BCUT2D eigenvalue weighted by Crippen LogP contribution is -2.30. The largest absolute Gasteiger partial charge is 0.481 e. The molecule has 3 heteroatoms. The molecule has 0 aliphatic heterocycles. The first kappa shape index (κ1) is 9.23. The fourth-order valence-electron chi connectivity index (χ4n) is 1.71. The minimum Gasteiger partial charge on any atom is -0.481 e. The van der Waals surface area contributed by atoms with Gasteiger partial charge in [-0.05, 0) is 18.8 Å². The zero-order chi connectivity index (χ0) is 9.14. The van der Waals surface area contributed by atoms with Gasteiger partial charge in [-0.25, -0.2) is 0 Å². The molecular weight excluding hydrogens is 156 g/mol. The van der Waals surface area contributed by atoms with Crippen LogP contribution in [0.4, 0.5) is 0 Å². The van der Waals surface area contributed by atoms with Gasteiger partial charge in [-0.2, -0.15) is 0 Å². The highest BCUT2D eigenvalue weighted by Gasteiger charge is 2.32. The van der Waals surface area contributed by atoms with E-state index in [1.165, 1.54) is 0 Å². The smallest absolute Gasteiger partial charge is 0.314 e. The van der Waals surface area contributed by atoms with E-state index in [0.29, 0.717) is 18.8 Å². The van der Waals surface area contributed by atoms with Crippen LogP contribution in [0.3, 0.4) is 0 Å². The van der Waals surface area contributed by atoms with Crippen molar-refractivity contribution in [1.29, 1.82) is 0 Å². The van der Waals surface area contributed by atoms with Gasteiger partial charge >= 0.3 is 5.97 Å². The topological polar surface area (TPSA) is 54.4 Å². The molecule has 1 rings (SSSR count). The Morgan fingerprint density at radius 1 is 1.67 bits per heavy atom. The predicted molar refractivity (Wildman–Crippen MR) is 43.8 cm³/mol. The zero-order valence-corrected chi connectivity index (χ0v) is 7.25. The lowest BCUT2D eigenvalue weighted by Gasteiger charge is -2.24. The molecule has 0 unspecified atom stereocenters. The first-order chi connectivity index (χ1) is 5.65. The normalized spacial score (nSPS) is 30.2. The number of carboxylic acid groups (broad SMARTS) is 1. The average Bonchev–Trinajstić information content (AvgIpc) is 2.05. The van der Waals surface area contributed by atoms with Crippen molar-refractivity contribution in [3.8, 4) is 0 Å². The molecule has 1 aliphatic carbocycles. The molecule has 68 valence electrons. The minimum absolute atomic E-state index is 0.0906. The van der Waals surface area contributed by atoms with Gasteiger partial charge in [-0.1, -0.05) is 13.3 Å². The van der Waals surface area contributed by atoms with Crippen LogP contribution in [0.5, 0.6) is 0 Å². The summed E-state index contributed by atoms with van der Waals surface area (Å²) < 4.78 is 0. The highest BCUT2D eigenvalue weighted by atomic mass is 16.4. The second kappa shape index (κ2) is 3.70. The maximum Gasteiger partial charge on any atom is 0.314 e. The number of Topliss-reactive ketones (excluding diaryl/α,β-unsaturated/α-hetero) is 1. The van der Waals surface area contributed by atoms with E-state index in [4.69, 9.17) is 5.11 Å². The third kappa shape index (κ3) is 1.84. The molecule has 1 saturated carbocycles. The third-order valence-corrected chi connectivity index (χ3v) is 2.63. The van der Waals surface area contributed by atoms with Crippen LogP contribution in [0.1, 0.15) is 32.6 Å². The van der Waals surface area contributed by atoms with Crippen LogP contribution in [0, 0.1) is 11.8 Å². The Morgan fingerprint density at radius 2 is 2.33 bits per heavy atom. The summed E-state index contributed by atoms with van der Waals surface area (Å²) in [4.78, 5) is 21.7. The van der Waals surface area contributed by atoms with E-state index in [1.54, 1.807) is 0 Å². The van der Waals surface area contributed by atoms with E-state index in [2.05, 4.69) is 0 Å². The molecule has 0 aromatic heterocycles. The maximum atomic E-state index is 11.1. The molecule has 0 bridgehead atoms. The maximum absolute atomic E-state index is 11.1. The number of rotatable bonds is 2. The van der Waals surface area contributed by atoms with E-state index in [9.17, 15) is 9.59 Å². The standard InChI is InChI=1S/C9H14O3/c1-2-6-3-4-8(10)7(5-6)9(11)12/h6-7H,2-5H2,1H3,(H,11,12)/t6-,7+/m1/s1. The summed E-state index contributed by atoms with van der Waals surface area (Å²) >= 11 is 0. The fraction of sp³-hybridized carbons (Fsp3) is 0.778. The molecule has 0 amide bonds. The molecule has 1 fully saturated rings. The summed E-state index contributed by atoms with van der Waals surface area (Å²) in [5.74, 6) is -1.32. The SMILES string of the molecule is CC[C@@H]1CCC(=O)[C@@H](C(=O)O)C1. The lowest BCUT2D eigenvalue weighted by atomic mass is 9.79. The summed E-state index contributed by atoms with van der Waals surface area (Å²) in [6, 6.07) is 0. The Bertz CT molecular complexity index is 198. The van der Waals surface area contributed by atoms with Gasteiger partial charge in [0.25, 0.3) is 0 Å². The van der Waals surface area contributed by atoms with Crippen molar-refractivity contribution in [1.82, 2.24) is 0 Å². The van der Waals surface area contributed by atoms with Crippen LogP contribution < -0.4 is 0 Å². The van der Waals surface area contributed by atoms with Gasteiger partial charge in [0.2, 0.25) is 0 Å². The van der Waals surface area contributed by atoms with E-state index in [-0.39, 0.29) is 5.78 Å². The quantitative estimate of drug-likeness (QED) is 0.638. The van der Waals surface area contributed by atoms with Crippen LogP contribution in [-0.2, 0) is 9.59 Å². The summed E-state index contributed by atoms with van der Waals surface area (Å²) in [5.41, 5.74) is 0. The van der Waals surface area contributed by atoms with Crippen molar-refractivity contribution in [2.45, 2.75) is 32.6 Å². The molecule has 12 heavy (non-hydrogen) atoms. The van der Waals surface area contributed by atoms with E-state index >= 15 is 0 Å². The molecule has 0 aromatic rings. The van der Waals surface area contributed by atoms with Crippen LogP contribution in [0.2, 0.25) is 0 Å². The Hall–Kier alpha value is -0.860. The molecular formula is C9H14O3. The lowest BCUT2D eigenvalue weighted by molar-refractivity contribution is -0.148. The third-order valence-electron chi connectivity index (χ3n) is 2.63. The number of aliphatic carboxylic acids is 1. The van der Waals surface area contributed by atoms with E-state index in [1.807, 2.05) is 6.92 Å². The number of hydrogen-bond acceptors (Lipinski definition) is 2. The monoisotopic (exact) mass is 170 g/mol. The zero-order valence-electron chi connectivity index (χ0n) is 7.25. The molecule has 0 aromatic carbocycles. The van der Waals surface area contributed by atoms with Gasteiger partial charge in [-0.15, -0.1) is 0 Å². The van der Waals surface area contributed by atoms with Gasteiger partial charge in [-0.3, -0.25) is 9.59 Å². The number of hydrogen-bond donors (Lipinski definition) is 1. The Labute approximate surface area is 71.8 Å². The number of carboxylic acids is 1. The molecule has 0 heterocycles. The summed E-state index contributed by atoms with van der Waals surface area (Å²) in [5, 5.41) is 8.70. The molecule has 0 radical (unpaired) electrons. The first-order valence-corrected chi connectivity index (χ1v) is 4.40. The molecule has 3 nitrogen and oxygen atoms in total. The van der Waals surface area contributed by atoms with Crippen LogP contribution in [-0.4, -0.2) is 16.9 Å². The van der Waals surface area contributed by atoms with E-state index in [0.717, 1.165) is 12.8 Å². The molecule has 0 spiro atoms. The summed E-state index contributed by atoms with van der Waals surface area (Å²) in [6.07, 6.45) is 2.86. The Balaban J connectivity index is 2.59. The van der Waals surface area contributed by atoms with Crippen LogP contribution in [0.25, 0.3) is 0 Å². The average molecular weight is 170 g/mol. The van der Waals surface area contributed by atoms with Crippen molar-refractivity contribution in [3.05, 3.63) is 0 Å². The summed E-state index contributed by atoms with van der Waals surface area (Å²) in [6.45, 7) is 2.04. The van der Waals surface area contributed by atoms with Crippen LogP contribution >= 0.6 is 0 Å². The molecule has 1 N–H and O–H groups in total. The molecule has 2 atom stereocenters. The molecule has 0 saturated heterocycles. The second-order valence-electron chi connectivity index (χ2n) is 3.41. The van der Waals surface area contributed by atoms with Gasteiger partial charge in [0.05, 0.1) is 0 Å². The van der Waals surface area contributed by atoms with Crippen LogP contribution in [0.15, 0.2) is 0 Å². The Morgan fingerprint density at radius 3 is 2.83 bits per heavy atom. The van der Waals surface area contributed by atoms with Crippen molar-refractivity contribution in [2.24, 2.45) is 11.8 Å². The highest BCUT2D eigenvalue weighted by Crippen LogP contribution is 2.28. The minimum atomic E-state index is -0.946. The number of carbonyl (C=O) groups is 2. The fourth-order valence-corrected chi connectivity index (χ4v) is 1.71. The van der Waals surface area contributed by atoms with Gasteiger partial charge in [0.15, 0.2) is 0 Å². The second-order valence-corrected chi connectivity index (χ2v) is 3.41. The first-order valence-electron chi connectivity index (χ1n) is 4.40. The van der Waals surface area contributed by atoms with Crippen molar-refractivity contribution < 1.29 is 14.7 Å². The number of ketones is 1. The van der Waals surface area contributed by atoms with E-state index < -0.39 is 11.9 Å².